The molecule has 3 aromatic rings. The minimum absolute atomic E-state index is 0.120. The second-order valence-electron chi connectivity index (χ2n) is 8.70. The molecule has 36 heavy (non-hydrogen) atoms. The molecule has 0 amide bonds. The molecule has 0 radical (unpaired) electrons. The van der Waals surface area contributed by atoms with Gasteiger partial charge in [0, 0.05) is 50.3 Å². The number of halogens is 1. The Morgan fingerprint density at radius 3 is 2.42 bits per heavy atom. The van der Waals surface area contributed by atoms with Gasteiger partial charge in [0.15, 0.2) is 0 Å². The molecule has 8 heteroatoms. The fourth-order valence-electron chi connectivity index (χ4n) is 4.12. The number of ether oxygens (including phenoxy) is 1. The lowest BCUT2D eigenvalue weighted by Gasteiger charge is -2.27. The van der Waals surface area contributed by atoms with E-state index in [0.717, 1.165) is 24.2 Å². The number of rotatable bonds is 14. The summed E-state index contributed by atoms with van der Waals surface area (Å²) >= 11 is 0. The number of aliphatic hydroxyl groups is 1. The first-order valence-electron chi connectivity index (χ1n) is 12.5. The zero-order chi connectivity index (χ0) is 25.9. The highest BCUT2D eigenvalue weighted by Gasteiger charge is 2.25. The number of anilines is 1. The van der Waals surface area contributed by atoms with Gasteiger partial charge in [-0.1, -0.05) is 60.6 Å². The number of carbonyl (C=O) groups is 1. The molecule has 0 saturated heterocycles. The molecule has 1 aromatic heterocycles. The number of esters is 1. The molecule has 1 atom stereocenters. The van der Waals surface area contributed by atoms with Gasteiger partial charge in [0.2, 0.25) is 5.88 Å². The van der Waals surface area contributed by atoms with Crippen LogP contribution in [-0.2, 0) is 22.6 Å². The van der Waals surface area contributed by atoms with Crippen LogP contribution in [0.2, 0.25) is 0 Å². The molecule has 0 aliphatic heterocycles. The standard InChI is InChI=1S/C28H36FN3O4/c1-4-12-26(34)35-20-23(33)18-31(17-22-15-10-11-16-25(22)29)19-24-27(21-13-8-7-9-14-21)30-36-28(24)32(5-2)6-3/h7-11,13-16,23,33H,4-6,12,17-20H2,1-3H3/t23-/m1/s1. The van der Waals surface area contributed by atoms with Crippen LogP contribution in [-0.4, -0.2) is 53.5 Å². The minimum atomic E-state index is -0.936. The van der Waals surface area contributed by atoms with Crippen molar-refractivity contribution in [1.82, 2.24) is 10.1 Å². The molecule has 2 aromatic carbocycles. The zero-order valence-electron chi connectivity index (χ0n) is 21.3. The molecule has 0 aliphatic rings. The highest BCUT2D eigenvalue weighted by atomic mass is 19.1. The molecule has 0 spiro atoms. The van der Waals surface area contributed by atoms with Crippen LogP contribution >= 0.6 is 0 Å². The van der Waals surface area contributed by atoms with Gasteiger partial charge in [-0.25, -0.2) is 4.39 Å². The maximum absolute atomic E-state index is 14.6. The fraction of sp³-hybridized carbons (Fsp3) is 0.429. The summed E-state index contributed by atoms with van der Waals surface area (Å²) in [4.78, 5) is 15.8. The van der Waals surface area contributed by atoms with Gasteiger partial charge < -0.3 is 19.3 Å². The van der Waals surface area contributed by atoms with E-state index in [9.17, 15) is 14.3 Å². The van der Waals surface area contributed by atoms with E-state index in [1.54, 1.807) is 18.2 Å². The maximum atomic E-state index is 14.6. The number of hydrogen-bond acceptors (Lipinski definition) is 7. The quantitative estimate of drug-likeness (QED) is 0.313. The number of benzene rings is 2. The summed E-state index contributed by atoms with van der Waals surface area (Å²) in [5, 5.41) is 15.1. The van der Waals surface area contributed by atoms with Gasteiger partial charge in [-0.05, 0) is 26.3 Å². The Morgan fingerprint density at radius 1 is 1.06 bits per heavy atom. The van der Waals surface area contributed by atoms with Gasteiger partial charge in [-0.3, -0.25) is 9.69 Å². The van der Waals surface area contributed by atoms with Crippen LogP contribution < -0.4 is 4.90 Å². The molecule has 3 rings (SSSR count). The van der Waals surface area contributed by atoms with Crippen molar-refractivity contribution in [3.63, 3.8) is 0 Å². The lowest BCUT2D eigenvalue weighted by Crippen LogP contribution is -2.35. The third-order valence-electron chi connectivity index (χ3n) is 5.96. The predicted molar refractivity (Wildman–Crippen MR) is 138 cm³/mol. The number of aliphatic hydroxyl groups excluding tert-OH is 1. The first-order chi connectivity index (χ1) is 17.5. The molecular weight excluding hydrogens is 461 g/mol. The van der Waals surface area contributed by atoms with Crippen molar-refractivity contribution in [2.24, 2.45) is 0 Å². The molecule has 194 valence electrons. The Balaban J connectivity index is 1.92. The molecule has 0 bridgehead atoms. The topological polar surface area (TPSA) is 79.0 Å². The third-order valence-corrected chi connectivity index (χ3v) is 5.96. The van der Waals surface area contributed by atoms with Crippen molar-refractivity contribution in [2.75, 3.05) is 31.1 Å². The normalized spacial score (nSPS) is 12.1. The SMILES string of the molecule is CCCC(=O)OC[C@H](O)CN(Cc1ccccc1F)Cc1c(-c2ccccc2)noc1N(CC)CC. The monoisotopic (exact) mass is 497 g/mol. The minimum Gasteiger partial charge on any atom is -0.463 e. The van der Waals surface area contributed by atoms with Crippen LogP contribution in [0, 0.1) is 5.82 Å². The van der Waals surface area contributed by atoms with E-state index in [0.29, 0.717) is 36.5 Å². The zero-order valence-corrected chi connectivity index (χ0v) is 21.3. The van der Waals surface area contributed by atoms with Crippen LogP contribution in [0.5, 0.6) is 0 Å². The Bertz CT molecular complexity index is 1090. The Kier molecular flexibility index (Phi) is 10.5. The molecule has 7 nitrogen and oxygen atoms in total. The molecule has 1 heterocycles. The van der Waals surface area contributed by atoms with Crippen LogP contribution in [0.25, 0.3) is 11.3 Å². The van der Waals surface area contributed by atoms with Crippen LogP contribution in [0.3, 0.4) is 0 Å². The van der Waals surface area contributed by atoms with Gasteiger partial charge in [-0.15, -0.1) is 0 Å². The molecule has 1 N–H and O–H groups in total. The van der Waals surface area contributed by atoms with Crippen LogP contribution in [0.4, 0.5) is 10.3 Å². The summed E-state index contributed by atoms with van der Waals surface area (Å²) in [6.07, 6.45) is 0.0487. The van der Waals surface area contributed by atoms with Crippen LogP contribution in [0.15, 0.2) is 59.1 Å². The average Bonchev–Trinajstić information content (AvgIpc) is 3.29. The number of aromatic nitrogens is 1. The highest BCUT2D eigenvalue weighted by Crippen LogP contribution is 2.33. The fourth-order valence-corrected chi connectivity index (χ4v) is 4.12. The lowest BCUT2D eigenvalue weighted by atomic mass is 10.1. The first-order valence-corrected chi connectivity index (χ1v) is 12.5. The second-order valence-corrected chi connectivity index (χ2v) is 8.70. The van der Waals surface area contributed by atoms with E-state index in [1.165, 1.54) is 6.07 Å². The predicted octanol–water partition coefficient (Wildman–Crippen LogP) is 5.03. The van der Waals surface area contributed by atoms with Crippen molar-refractivity contribution >= 4 is 11.9 Å². The maximum Gasteiger partial charge on any atom is 0.305 e. The summed E-state index contributed by atoms with van der Waals surface area (Å²) in [5.41, 5.74) is 2.99. The molecule has 0 aliphatic carbocycles. The largest absolute Gasteiger partial charge is 0.463 e. The highest BCUT2D eigenvalue weighted by molar-refractivity contribution is 5.69. The van der Waals surface area contributed by atoms with Gasteiger partial charge in [0.05, 0.1) is 5.56 Å². The van der Waals surface area contributed by atoms with Crippen molar-refractivity contribution in [1.29, 1.82) is 0 Å². The van der Waals surface area contributed by atoms with Crippen molar-refractivity contribution < 1.29 is 23.6 Å². The number of nitrogens with zero attached hydrogens (tertiary/aromatic N) is 3. The number of carbonyl (C=O) groups excluding carboxylic acids is 1. The third kappa shape index (κ3) is 7.38. The lowest BCUT2D eigenvalue weighted by molar-refractivity contribution is -0.147. The Morgan fingerprint density at radius 2 is 1.75 bits per heavy atom. The van der Waals surface area contributed by atoms with E-state index in [-0.39, 0.29) is 31.5 Å². The molecule has 0 saturated carbocycles. The van der Waals surface area contributed by atoms with Crippen molar-refractivity contribution in [3.8, 4) is 11.3 Å². The summed E-state index contributed by atoms with van der Waals surface area (Å²) in [7, 11) is 0. The molecule has 0 fully saturated rings. The van der Waals surface area contributed by atoms with E-state index in [2.05, 4.69) is 10.1 Å². The Hall–Kier alpha value is -3.23. The summed E-state index contributed by atoms with van der Waals surface area (Å²) < 4.78 is 25.6. The van der Waals surface area contributed by atoms with E-state index >= 15 is 0 Å². The first kappa shape index (κ1) is 27.4. The second kappa shape index (κ2) is 13.8. The van der Waals surface area contributed by atoms with E-state index in [1.807, 2.05) is 56.0 Å². The average molecular weight is 498 g/mol. The van der Waals surface area contributed by atoms with Crippen molar-refractivity contribution in [2.45, 2.75) is 52.8 Å². The van der Waals surface area contributed by atoms with Gasteiger partial charge in [0.25, 0.3) is 0 Å². The number of hydrogen-bond donors (Lipinski definition) is 1. The smallest absolute Gasteiger partial charge is 0.305 e. The Labute approximate surface area is 212 Å². The van der Waals surface area contributed by atoms with Crippen molar-refractivity contribution in [3.05, 3.63) is 71.5 Å². The van der Waals surface area contributed by atoms with Gasteiger partial charge >= 0.3 is 5.97 Å². The summed E-state index contributed by atoms with van der Waals surface area (Å²) in [6, 6.07) is 16.3. The van der Waals surface area contributed by atoms with E-state index < -0.39 is 6.10 Å². The van der Waals surface area contributed by atoms with Crippen LogP contribution in [0.1, 0.15) is 44.7 Å². The van der Waals surface area contributed by atoms with E-state index in [4.69, 9.17) is 9.26 Å². The summed E-state index contributed by atoms with van der Waals surface area (Å²) in [5.74, 6) is -0.00315. The van der Waals surface area contributed by atoms with Gasteiger partial charge in [-0.2, -0.15) is 0 Å². The summed E-state index contributed by atoms with van der Waals surface area (Å²) in [6.45, 7) is 8.11. The molecular formula is C28H36FN3O4. The molecule has 0 unspecified atom stereocenters. The van der Waals surface area contributed by atoms with Gasteiger partial charge in [0.1, 0.15) is 24.2 Å².